The van der Waals surface area contributed by atoms with Crippen LogP contribution in [-0.4, -0.2) is 28.0 Å². The number of hydrogen-bond acceptors (Lipinski definition) is 3. The van der Waals surface area contributed by atoms with Crippen molar-refractivity contribution in [3.05, 3.63) is 30.1 Å². The molecule has 78 valence electrons. The Morgan fingerprint density at radius 2 is 2.43 bits per heavy atom. The fourth-order valence-corrected chi connectivity index (χ4v) is 0.999. The van der Waals surface area contributed by atoms with Crippen LogP contribution >= 0.6 is 0 Å². The molecule has 4 heteroatoms. The molecular formula is C10H16N2O2. The van der Waals surface area contributed by atoms with Gasteiger partial charge in [-0.25, -0.2) is 0 Å². The van der Waals surface area contributed by atoms with Gasteiger partial charge in [0.15, 0.2) is 0 Å². The zero-order valence-corrected chi connectivity index (χ0v) is 8.53. The van der Waals surface area contributed by atoms with Crippen molar-refractivity contribution in [2.24, 2.45) is 0 Å². The molecule has 1 aromatic heterocycles. The summed E-state index contributed by atoms with van der Waals surface area (Å²) in [6.45, 7) is 8.01. The Balaban J connectivity index is 2.45. The maximum Gasteiger partial charge on any atom is 0.105 e. The number of nitrogens with one attached hydrogen (secondary N) is 1. The van der Waals surface area contributed by atoms with Crippen LogP contribution in [0.4, 0.5) is 0 Å². The fraction of sp³-hybridized carbons (Fsp3) is 0.500. The van der Waals surface area contributed by atoms with E-state index in [4.69, 9.17) is 4.74 Å². The smallest absolute Gasteiger partial charge is 0.105 e. The molecule has 0 spiro atoms. The van der Waals surface area contributed by atoms with Crippen LogP contribution in [0.2, 0.25) is 0 Å². The largest absolute Gasteiger partial charge is 0.384 e. The third-order valence-corrected chi connectivity index (χ3v) is 1.82. The normalized spacial score (nSPS) is 13.1. The molecule has 0 aromatic carbocycles. The van der Waals surface area contributed by atoms with Crippen molar-refractivity contribution in [2.75, 3.05) is 6.61 Å². The molecule has 0 saturated heterocycles. The molecule has 1 atom stereocenters. The van der Waals surface area contributed by atoms with Gasteiger partial charge in [-0.1, -0.05) is 6.58 Å². The van der Waals surface area contributed by atoms with Gasteiger partial charge >= 0.3 is 0 Å². The summed E-state index contributed by atoms with van der Waals surface area (Å²) in [5.74, 6) is 0. The molecule has 0 aliphatic heterocycles. The molecule has 0 saturated carbocycles. The molecular weight excluding hydrogens is 180 g/mol. The van der Waals surface area contributed by atoms with Crippen molar-refractivity contribution in [3.8, 4) is 0 Å². The first-order valence-corrected chi connectivity index (χ1v) is 4.57. The predicted octanol–water partition coefficient (Wildman–Crippen LogP) is 1.42. The molecule has 0 aliphatic rings. The minimum atomic E-state index is -0.701. The zero-order valence-electron chi connectivity index (χ0n) is 8.53. The number of nitrogens with zero attached hydrogens (tertiary/aromatic N) is 1. The van der Waals surface area contributed by atoms with E-state index < -0.39 is 6.10 Å². The second kappa shape index (κ2) is 4.93. The lowest BCUT2D eigenvalue weighted by atomic mass is 10.1. The van der Waals surface area contributed by atoms with E-state index in [0.29, 0.717) is 17.7 Å². The van der Waals surface area contributed by atoms with E-state index in [0.717, 1.165) is 0 Å². The van der Waals surface area contributed by atoms with Gasteiger partial charge in [-0.05, 0) is 19.4 Å². The van der Waals surface area contributed by atoms with E-state index in [2.05, 4.69) is 16.8 Å². The van der Waals surface area contributed by atoms with E-state index in [1.165, 1.54) is 0 Å². The summed E-state index contributed by atoms with van der Waals surface area (Å²) < 4.78 is 5.33. The highest BCUT2D eigenvalue weighted by Crippen LogP contribution is 2.18. The van der Waals surface area contributed by atoms with Crippen LogP contribution < -0.4 is 0 Å². The number of aliphatic hydroxyl groups excluding tert-OH is 1. The van der Waals surface area contributed by atoms with E-state index in [1.54, 1.807) is 12.4 Å². The second-order valence-corrected chi connectivity index (χ2v) is 3.45. The average molecular weight is 196 g/mol. The lowest BCUT2D eigenvalue weighted by Gasteiger charge is -2.14. The summed E-state index contributed by atoms with van der Waals surface area (Å²) in [6.07, 6.45) is 2.66. The summed E-state index contributed by atoms with van der Waals surface area (Å²) in [4.78, 5) is 0. The van der Waals surface area contributed by atoms with Crippen molar-refractivity contribution in [3.63, 3.8) is 0 Å². The maximum absolute atomic E-state index is 9.75. The molecule has 0 radical (unpaired) electrons. The van der Waals surface area contributed by atoms with Crippen LogP contribution in [-0.2, 0) is 4.74 Å². The van der Waals surface area contributed by atoms with Gasteiger partial charge in [-0.3, -0.25) is 5.10 Å². The summed E-state index contributed by atoms with van der Waals surface area (Å²) in [5.41, 5.74) is 1.35. The quantitative estimate of drug-likeness (QED) is 0.700. The van der Waals surface area contributed by atoms with Crippen molar-refractivity contribution >= 4 is 0 Å². The summed E-state index contributed by atoms with van der Waals surface area (Å²) >= 11 is 0. The molecule has 4 nitrogen and oxygen atoms in total. The first-order valence-electron chi connectivity index (χ1n) is 4.57. The van der Waals surface area contributed by atoms with Crippen LogP contribution in [0.1, 0.15) is 25.5 Å². The van der Waals surface area contributed by atoms with Crippen molar-refractivity contribution < 1.29 is 9.84 Å². The standard InChI is InChI=1S/C10H16N2O2/c1-7(2)14-6-8(3)10(13)9-4-11-12-5-9/h4-5,7,10,13H,3,6H2,1-2H3,(H,11,12). The highest BCUT2D eigenvalue weighted by atomic mass is 16.5. The summed E-state index contributed by atoms with van der Waals surface area (Å²) in [6, 6.07) is 0. The molecule has 0 bridgehead atoms. The highest BCUT2D eigenvalue weighted by molar-refractivity contribution is 5.19. The molecule has 0 aliphatic carbocycles. The average Bonchev–Trinajstić information content (AvgIpc) is 2.65. The van der Waals surface area contributed by atoms with Crippen LogP contribution in [0.5, 0.6) is 0 Å². The highest BCUT2D eigenvalue weighted by Gasteiger charge is 2.12. The van der Waals surface area contributed by atoms with Crippen LogP contribution in [0.3, 0.4) is 0 Å². The minimum Gasteiger partial charge on any atom is -0.384 e. The van der Waals surface area contributed by atoms with Gasteiger partial charge in [0.25, 0.3) is 0 Å². The Morgan fingerprint density at radius 1 is 1.71 bits per heavy atom. The molecule has 0 fully saturated rings. The van der Waals surface area contributed by atoms with E-state index in [-0.39, 0.29) is 6.10 Å². The number of aromatic nitrogens is 2. The minimum absolute atomic E-state index is 0.142. The van der Waals surface area contributed by atoms with Crippen molar-refractivity contribution in [2.45, 2.75) is 26.1 Å². The van der Waals surface area contributed by atoms with Gasteiger partial charge in [0.1, 0.15) is 6.10 Å². The summed E-state index contributed by atoms with van der Waals surface area (Å²) in [5, 5.41) is 16.1. The molecule has 1 unspecified atom stereocenters. The van der Waals surface area contributed by atoms with Crippen LogP contribution in [0.25, 0.3) is 0 Å². The number of H-pyrrole nitrogens is 1. The number of aromatic amines is 1. The van der Waals surface area contributed by atoms with E-state index in [9.17, 15) is 5.11 Å². The number of rotatable bonds is 5. The Bertz CT molecular complexity index is 280. The Labute approximate surface area is 83.6 Å². The van der Waals surface area contributed by atoms with Gasteiger partial charge in [-0.2, -0.15) is 5.10 Å². The molecule has 2 N–H and O–H groups in total. The van der Waals surface area contributed by atoms with Gasteiger partial charge in [0, 0.05) is 11.8 Å². The third-order valence-electron chi connectivity index (χ3n) is 1.82. The molecule has 0 amide bonds. The SMILES string of the molecule is C=C(COC(C)C)C(O)c1cn[nH]c1. The van der Waals surface area contributed by atoms with Crippen molar-refractivity contribution in [1.29, 1.82) is 0 Å². The number of ether oxygens (including phenoxy) is 1. The second-order valence-electron chi connectivity index (χ2n) is 3.45. The van der Waals surface area contributed by atoms with Gasteiger partial charge in [0.05, 0.1) is 18.9 Å². The Hall–Kier alpha value is -1.13. The lowest BCUT2D eigenvalue weighted by molar-refractivity contribution is 0.0813. The van der Waals surface area contributed by atoms with Crippen LogP contribution in [0, 0.1) is 0 Å². The fourth-order valence-electron chi connectivity index (χ4n) is 0.999. The van der Waals surface area contributed by atoms with E-state index in [1.807, 2.05) is 13.8 Å². The lowest BCUT2D eigenvalue weighted by Crippen LogP contribution is -2.10. The molecule has 1 heterocycles. The first kappa shape index (κ1) is 10.9. The van der Waals surface area contributed by atoms with E-state index >= 15 is 0 Å². The number of hydrogen-bond donors (Lipinski definition) is 2. The topological polar surface area (TPSA) is 58.1 Å². The van der Waals surface area contributed by atoms with Crippen LogP contribution in [0.15, 0.2) is 24.5 Å². The maximum atomic E-state index is 9.75. The third kappa shape index (κ3) is 2.97. The van der Waals surface area contributed by atoms with Gasteiger partial charge < -0.3 is 9.84 Å². The van der Waals surface area contributed by atoms with Gasteiger partial charge in [0.2, 0.25) is 0 Å². The Morgan fingerprint density at radius 3 is 2.93 bits per heavy atom. The summed E-state index contributed by atoms with van der Waals surface area (Å²) in [7, 11) is 0. The van der Waals surface area contributed by atoms with Crippen molar-refractivity contribution in [1.82, 2.24) is 10.2 Å². The monoisotopic (exact) mass is 196 g/mol. The molecule has 1 rings (SSSR count). The predicted molar refractivity (Wildman–Crippen MR) is 53.8 cm³/mol. The first-order chi connectivity index (χ1) is 6.61. The number of aliphatic hydroxyl groups is 1. The molecule has 14 heavy (non-hydrogen) atoms. The van der Waals surface area contributed by atoms with Gasteiger partial charge in [-0.15, -0.1) is 0 Å². The molecule has 1 aromatic rings. The Kier molecular flexibility index (Phi) is 3.85. The zero-order chi connectivity index (χ0) is 10.6.